The second-order valence-corrected chi connectivity index (χ2v) is 6.29. The molecule has 1 aromatic carbocycles. The number of benzene rings is 1. The minimum atomic E-state index is -0.228. The van der Waals surface area contributed by atoms with Crippen molar-refractivity contribution in [1.82, 2.24) is 20.4 Å². The monoisotopic (exact) mass is 355 g/mol. The van der Waals surface area contributed by atoms with Crippen molar-refractivity contribution in [2.24, 2.45) is 0 Å². The highest BCUT2D eigenvalue weighted by atomic mass is 16.5. The lowest BCUT2D eigenvalue weighted by molar-refractivity contribution is 0.0398. The molecule has 2 aromatic rings. The first-order valence-corrected chi connectivity index (χ1v) is 8.96. The predicted octanol–water partition coefficient (Wildman–Crippen LogP) is 1.71. The molecule has 0 spiro atoms. The fourth-order valence-electron chi connectivity index (χ4n) is 2.81. The van der Waals surface area contributed by atoms with E-state index < -0.39 is 0 Å². The average molecular weight is 355 g/mol. The zero-order valence-corrected chi connectivity index (χ0v) is 15.0. The van der Waals surface area contributed by atoms with Crippen molar-refractivity contribution in [2.75, 3.05) is 44.7 Å². The summed E-state index contributed by atoms with van der Waals surface area (Å²) < 4.78 is 5.33. The standard InChI is InChI=1S/C19H25N5O2/c1-15(16-5-3-2-4-6-16)21-19(25)17-7-8-18(23-22-17)20-9-10-24-11-13-26-14-12-24/h2-8,15H,9-14H2,1H3,(H,20,23)(H,21,25). The molecule has 3 rings (SSSR count). The summed E-state index contributed by atoms with van der Waals surface area (Å²) in [7, 11) is 0. The summed E-state index contributed by atoms with van der Waals surface area (Å²) in [5, 5.41) is 14.3. The highest BCUT2D eigenvalue weighted by molar-refractivity contribution is 5.92. The number of rotatable bonds is 7. The van der Waals surface area contributed by atoms with Gasteiger partial charge in [0.2, 0.25) is 0 Å². The molecule has 7 nitrogen and oxygen atoms in total. The van der Waals surface area contributed by atoms with E-state index in [0.29, 0.717) is 11.5 Å². The van der Waals surface area contributed by atoms with E-state index in [-0.39, 0.29) is 11.9 Å². The molecule has 1 aliphatic rings. The lowest BCUT2D eigenvalue weighted by Gasteiger charge is -2.26. The van der Waals surface area contributed by atoms with Gasteiger partial charge in [-0.2, -0.15) is 0 Å². The Hall–Kier alpha value is -2.51. The number of hydrogen-bond acceptors (Lipinski definition) is 6. The van der Waals surface area contributed by atoms with Gasteiger partial charge in [-0.05, 0) is 24.6 Å². The lowest BCUT2D eigenvalue weighted by Crippen LogP contribution is -2.39. The summed E-state index contributed by atoms with van der Waals surface area (Å²) in [5.41, 5.74) is 1.36. The molecule has 0 saturated carbocycles. The van der Waals surface area contributed by atoms with E-state index in [9.17, 15) is 4.79 Å². The highest BCUT2D eigenvalue weighted by Crippen LogP contribution is 2.12. The Bertz CT molecular complexity index is 687. The van der Waals surface area contributed by atoms with Crippen LogP contribution in [0.15, 0.2) is 42.5 Å². The highest BCUT2D eigenvalue weighted by Gasteiger charge is 2.13. The van der Waals surface area contributed by atoms with Crippen LogP contribution in [0.1, 0.15) is 29.0 Å². The first-order valence-electron chi connectivity index (χ1n) is 8.96. The maximum Gasteiger partial charge on any atom is 0.272 e. The van der Waals surface area contributed by atoms with E-state index in [1.165, 1.54) is 0 Å². The van der Waals surface area contributed by atoms with E-state index in [4.69, 9.17) is 4.74 Å². The summed E-state index contributed by atoms with van der Waals surface area (Å²) in [6.07, 6.45) is 0. The normalized spacial score (nSPS) is 16.0. The molecule has 1 atom stereocenters. The molecule has 0 bridgehead atoms. The summed E-state index contributed by atoms with van der Waals surface area (Å²) in [6.45, 7) is 7.18. The van der Waals surface area contributed by atoms with Gasteiger partial charge in [0.1, 0.15) is 5.82 Å². The molecule has 138 valence electrons. The Labute approximate surface area is 153 Å². The van der Waals surface area contributed by atoms with Gasteiger partial charge in [-0.3, -0.25) is 9.69 Å². The number of nitrogens with zero attached hydrogens (tertiary/aromatic N) is 3. The number of hydrogen-bond donors (Lipinski definition) is 2. The van der Waals surface area contributed by atoms with Gasteiger partial charge >= 0.3 is 0 Å². The number of amides is 1. The molecule has 1 amide bonds. The molecular weight excluding hydrogens is 330 g/mol. The summed E-state index contributed by atoms with van der Waals surface area (Å²) in [6, 6.07) is 13.2. The Balaban J connectivity index is 1.46. The van der Waals surface area contributed by atoms with Gasteiger partial charge in [0.25, 0.3) is 5.91 Å². The molecule has 1 aromatic heterocycles. The third-order valence-electron chi connectivity index (χ3n) is 4.38. The van der Waals surface area contributed by atoms with E-state index in [1.807, 2.05) is 37.3 Å². The van der Waals surface area contributed by atoms with Crippen LogP contribution in [0.4, 0.5) is 5.82 Å². The molecule has 26 heavy (non-hydrogen) atoms. The topological polar surface area (TPSA) is 79.4 Å². The number of carbonyl (C=O) groups excluding carboxylic acids is 1. The molecule has 0 radical (unpaired) electrons. The van der Waals surface area contributed by atoms with Gasteiger partial charge in [0, 0.05) is 26.2 Å². The van der Waals surface area contributed by atoms with Crippen LogP contribution in [-0.2, 0) is 4.74 Å². The summed E-state index contributed by atoms with van der Waals surface area (Å²) in [5.74, 6) is 0.444. The fraction of sp³-hybridized carbons (Fsp3) is 0.421. The Morgan fingerprint density at radius 2 is 1.92 bits per heavy atom. The van der Waals surface area contributed by atoms with E-state index in [1.54, 1.807) is 12.1 Å². The zero-order chi connectivity index (χ0) is 18.2. The van der Waals surface area contributed by atoms with Crippen LogP contribution < -0.4 is 10.6 Å². The van der Waals surface area contributed by atoms with Crippen LogP contribution in [0.3, 0.4) is 0 Å². The lowest BCUT2D eigenvalue weighted by atomic mass is 10.1. The molecule has 2 heterocycles. The summed E-state index contributed by atoms with van der Waals surface area (Å²) in [4.78, 5) is 14.7. The van der Waals surface area contributed by atoms with E-state index in [2.05, 4.69) is 25.7 Å². The second-order valence-electron chi connectivity index (χ2n) is 6.29. The maximum absolute atomic E-state index is 12.3. The maximum atomic E-state index is 12.3. The van der Waals surface area contributed by atoms with Gasteiger partial charge in [-0.1, -0.05) is 30.3 Å². The Morgan fingerprint density at radius 3 is 2.62 bits per heavy atom. The van der Waals surface area contributed by atoms with Crippen LogP contribution in [0.5, 0.6) is 0 Å². The Morgan fingerprint density at radius 1 is 1.15 bits per heavy atom. The number of ether oxygens (including phenoxy) is 1. The van der Waals surface area contributed by atoms with Crippen LogP contribution in [0.25, 0.3) is 0 Å². The molecule has 1 saturated heterocycles. The molecule has 7 heteroatoms. The quantitative estimate of drug-likeness (QED) is 0.787. The molecule has 0 aliphatic carbocycles. The molecular formula is C19H25N5O2. The van der Waals surface area contributed by atoms with Crippen molar-refractivity contribution in [1.29, 1.82) is 0 Å². The largest absolute Gasteiger partial charge is 0.379 e. The van der Waals surface area contributed by atoms with Crippen LogP contribution >= 0.6 is 0 Å². The number of morpholine rings is 1. The van der Waals surface area contributed by atoms with Crippen LogP contribution in [0.2, 0.25) is 0 Å². The van der Waals surface area contributed by atoms with Gasteiger partial charge in [-0.25, -0.2) is 0 Å². The molecule has 2 N–H and O–H groups in total. The second kappa shape index (κ2) is 9.26. The van der Waals surface area contributed by atoms with Gasteiger partial charge in [-0.15, -0.1) is 10.2 Å². The van der Waals surface area contributed by atoms with Gasteiger partial charge < -0.3 is 15.4 Å². The van der Waals surface area contributed by atoms with Crippen molar-refractivity contribution < 1.29 is 9.53 Å². The van der Waals surface area contributed by atoms with Crippen molar-refractivity contribution >= 4 is 11.7 Å². The first kappa shape index (κ1) is 18.3. The third kappa shape index (κ3) is 5.24. The van der Waals surface area contributed by atoms with E-state index in [0.717, 1.165) is 45.0 Å². The third-order valence-corrected chi connectivity index (χ3v) is 4.38. The number of nitrogens with one attached hydrogen (secondary N) is 2. The van der Waals surface area contributed by atoms with Crippen LogP contribution in [0, 0.1) is 0 Å². The first-order chi connectivity index (χ1) is 12.7. The smallest absolute Gasteiger partial charge is 0.272 e. The molecule has 1 aliphatic heterocycles. The minimum Gasteiger partial charge on any atom is -0.379 e. The zero-order valence-electron chi connectivity index (χ0n) is 15.0. The number of aromatic nitrogens is 2. The van der Waals surface area contributed by atoms with Crippen LogP contribution in [-0.4, -0.2) is 60.4 Å². The summed E-state index contributed by atoms with van der Waals surface area (Å²) >= 11 is 0. The average Bonchev–Trinajstić information content (AvgIpc) is 2.70. The SMILES string of the molecule is CC(NC(=O)c1ccc(NCCN2CCOCC2)nn1)c1ccccc1. The van der Waals surface area contributed by atoms with Crippen molar-refractivity contribution in [3.63, 3.8) is 0 Å². The fourth-order valence-corrected chi connectivity index (χ4v) is 2.81. The van der Waals surface area contributed by atoms with Gasteiger partial charge in [0.05, 0.1) is 19.3 Å². The minimum absolute atomic E-state index is 0.0863. The number of carbonyl (C=O) groups is 1. The number of anilines is 1. The van der Waals surface area contributed by atoms with Crippen molar-refractivity contribution in [3.8, 4) is 0 Å². The van der Waals surface area contributed by atoms with E-state index >= 15 is 0 Å². The Kier molecular flexibility index (Phi) is 6.51. The molecule has 1 unspecified atom stereocenters. The van der Waals surface area contributed by atoms with Crippen molar-refractivity contribution in [3.05, 3.63) is 53.7 Å². The predicted molar refractivity (Wildman–Crippen MR) is 100 cm³/mol. The van der Waals surface area contributed by atoms with Gasteiger partial charge in [0.15, 0.2) is 5.69 Å². The van der Waals surface area contributed by atoms with Crippen molar-refractivity contribution in [2.45, 2.75) is 13.0 Å². The molecule has 1 fully saturated rings.